The van der Waals surface area contributed by atoms with Gasteiger partial charge in [-0.2, -0.15) is 0 Å². The van der Waals surface area contributed by atoms with Crippen LogP contribution in [0.1, 0.15) is 0 Å². The predicted octanol–water partition coefficient (Wildman–Crippen LogP) is 2.54. The van der Waals surface area contributed by atoms with Gasteiger partial charge < -0.3 is 14.6 Å². The van der Waals surface area contributed by atoms with Crippen molar-refractivity contribution in [3.63, 3.8) is 0 Å². The van der Waals surface area contributed by atoms with E-state index < -0.39 is 17.5 Å². The summed E-state index contributed by atoms with van der Waals surface area (Å²) in [6.45, 7) is 0. The molecule has 4 nitrogen and oxygen atoms in total. The Bertz CT molecular complexity index is 411. The van der Waals surface area contributed by atoms with Crippen molar-refractivity contribution in [1.29, 1.82) is 0 Å². The van der Waals surface area contributed by atoms with Gasteiger partial charge in [0.1, 0.15) is 6.26 Å². The molecule has 0 radical (unpaired) electrons. The van der Waals surface area contributed by atoms with Crippen LogP contribution in [0.2, 0.25) is 0 Å². The lowest BCUT2D eigenvalue weighted by Crippen LogP contribution is -2.11. The fraction of sp³-hybridized carbons (Fsp3) is 0.100. The molecule has 0 aromatic heterocycles. The highest BCUT2D eigenvalue weighted by Gasteiger charge is 2.17. The van der Waals surface area contributed by atoms with Crippen LogP contribution >= 0.6 is 15.9 Å². The predicted molar refractivity (Wildman–Crippen MR) is 57.5 cm³/mol. The van der Waals surface area contributed by atoms with Gasteiger partial charge in [0, 0.05) is 0 Å². The Balaban J connectivity index is 3.00. The normalized spacial score (nSPS) is 11.1. The number of aliphatic hydroxyl groups is 1. The molecule has 0 bridgehead atoms. The molecule has 0 heterocycles. The minimum atomic E-state index is -0.905. The largest absolute Gasteiger partial charge is 0.511 e. The molecule has 0 aliphatic heterocycles. The van der Waals surface area contributed by atoms with E-state index in [9.17, 15) is 9.18 Å². The van der Waals surface area contributed by atoms with Gasteiger partial charge in [0.2, 0.25) is 5.76 Å². The Morgan fingerprint density at radius 3 is 2.75 bits per heavy atom. The minimum absolute atomic E-state index is 0.201. The molecule has 0 aliphatic carbocycles. The molecule has 1 rings (SSSR count). The van der Waals surface area contributed by atoms with Gasteiger partial charge in [-0.05, 0) is 28.1 Å². The summed E-state index contributed by atoms with van der Waals surface area (Å²) in [5.74, 6) is -2.28. The van der Waals surface area contributed by atoms with Crippen LogP contribution in [0.5, 0.6) is 5.75 Å². The van der Waals surface area contributed by atoms with E-state index in [0.717, 1.165) is 13.2 Å². The highest BCUT2D eigenvalue weighted by Crippen LogP contribution is 2.29. The molecule has 0 saturated heterocycles. The first-order valence-corrected chi connectivity index (χ1v) is 4.94. The maximum absolute atomic E-state index is 13.3. The van der Waals surface area contributed by atoms with E-state index in [2.05, 4.69) is 20.7 Å². The Hall–Kier alpha value is -1.56. The highest BCUT2D eigenvalue weighted by atomic mass is 79.9. The zero-order valence-corrected chi connectivity index (χ0v) is 9.82. The molecule has 1 N–H and O–H groups in total. The van der Waals surface area contributed by atoms with Crippen LogP contribution in [0.15, 0.2) is 34.7 Å². The van der Waals surface area contributed by atoms with Gasteiger partial charge in [-0.25, -0.2) is 9.18 Å². The van der Waals surface area contributed by atoms with E-state index in [4.69, 9.17) is 9.84 Å². The summed E-state index contributed by atoms with van der Waals surface area (Å²) in [4.78, 5) is 11.1. The average Bonchev–Trinajstić information content (AvgIpc) is 2.28. The molecule has 0 fully saturated rings. The van der Waals surface area contributed by atoms with Crippen LogP contribution in [-0.4, -0.2) is 18.2 Å². The zero-order chi connectivity index (χ0) is 12.1. The van der Waals surface area contributed by atoms with Crippen molar-refractivity contribution < 1.29 is 23.8 Å². The standard InChI is InChI=1S/C10H8BrFO4/c1-15-10(14)8(5-13)16-9-6(11)3-2-4-7(9)12/h2-5,13H,1H3/b8-5+. The second kappa shape index (κ2) is 5.50. The highest BCUT2D eigenvalue weighted by molar-refractivity contribution is 9.10. The van der Waals surface area contributed by atoms with Crippen molar-refractivity contribution in [1.82, 2.24) is 0 Å². The molecular weight excluding hydrogens is 283 g/mol. The quantitative estimate of drug-likeness (QED) is 0.528. The smallest absolute Gasteiger partial charge is 0.377 e. The van der Waals surface area contributed by atoms with Crippen molar-refractivity contribution >= 4 is 21.9 Å². The second-order valence-electron chi connectivity index (χ2n) is 2.64. The molecule has 86 valence electrons. The third-order valence-corrected chi connectivity index (χ3v) is 2.26. The molecule has 0 unspecified atom stereocenters. The Labute approximate surface area is 99.4 Å². The topological polar surface area (TPSA) is 55.8 Å². The maximum atomic E-state index is 13.3. The Morgan fingerprint density at radius 1 is 1.56 bits per heavy atom. The van der Waals surface area contributed by atoms with Gasteiger partial charge in [-0.1, -0.05) is 6.07 Å². The van der Waals surface area contributed by atoms with Crippen molar-refractivity contribution in [2.75, 3.05) is 7.11 Å². The van der Waals surface area contributed by atoms with Crippen LogP contribution < -0.4 is 4.74 Å². The van der Waals surface area contributed by atoms with E-state index >= 15 is 0 Å². The van der Waals surface area contributed by atoms with Crippen molar-refractivity contribution in [2.24, 2.45) is 0 Å². The number of halogens is 2. The summed E-state index contributed by atoms with van der Waals surface area (Å²) < 4.78 is 22.8. The zero-order valence-electron chi connectivity index (χ0n) is 8.24. The first-order valence-electron chi connectivity index (χ1n) is 4.14. The van der Waals surface area contributed by atoms with Gasteiger partial charge in [0.25, 0.3) is 0 Å². The van der Waals surface area contributed by atoms with E-state index in [0.29, 0.717) is 10.7 Å². The maximum Gasteiger partial charge on any atom is 0.377 e. The van der Waals surface area contributed by atoms with Crippen LogP contribution in [0, 0.1) is 5.82 Å². The van der Waals surface area contributed by atoms with Crippen LogP contribution in [0.25, 0.3) is 0 Å². The lowest BCUT2D eigenvalue weighted by Gasteiger charge is -2.09. The number of benzene rings is 1. The number of carbonyl (C=O) groups excluding carboxylic acids is 1. The molecule has 1 aromatic carbocycles. The van der Waals surface area contributed by atoms with E-state index in [1.165, 1.54) is 12.1 Å². The van der Waals surface area contributed by atoms with Crippen LogP contribution in [0.3, 0.4) is 0 Å². The molecule has 0 saturated carbocycles. The number of methoxy groups -OCH3 is 1. The van der Waals surface area contributed by atoms with Gasteiger partial charge in [0.15, 0.2) is 11.6 Å². The summed E-state index contributed by atoms with van der Waals surface area (Å²) in [5.41, 5.74) is 0. The SMILES string of the molecule is COC(=O)/C(=C\O)Oc1c(F)cccc1Br. The molecular formula is C10H8BrFO4. The van der Waals surface area contributed by atoms with Crippen molar-refractivity contribution in [3.8, 4) is 5.75 Å². The number of ether oxygens (including phenoxy) is 2. The molecule has 0 atom stereocenters. The third kappa shape index (κ3) is 2.73. The number of hydrogen-bond acceptors (Lipinski definition) is 4. The third-order valence-electron chi connectivity index (χ3n) is 1.63. The number of para-hydroxylation sites is 1. The molecule has 0 spiro atoms. The number of esters is 1. The lowest BCUT2D eigenvalue weighted by molar-refractivity contribution is -0.138. The number of aliphatic hydroxyl groups excluding tert-OH is 1. The summed E-state index contributed by atoms with van der Waals surface area (Å²) in [5, 5.41) is 8.75. The average molecular weight is 291 g/mol. The minimum Gasteiger partial charge on any atom is -0.511 e. The first-order chi connectivity index (χ1) is 7.60. The van der Waals surface area contributed by atoms with E-state index in [1.54, 1.807) is 0 Å². The molecule has 0 amide bonds. The van der Waals surface area contributed by atoms with Gasteiger partial charge >= 0.3 is 5.97 Å². The van der Waals surface area contributed by atoms with Gasteiger partial charge in [-0.3, -0.25) is 0 Å². The number of rotatable bonds is 3. The molecule has 6 heteroatoms. The summed E-state index contributed by atoms with van der Waals surface area (Å²) >= 11 is 3.05. The van der Waals surface area contributed by atoms with Gasteiger partial charge in [-0.15, -0.1) is 0 Å². The van der Waals surface area contributed by atoms with Crippen LogP contribution in [-0.2, 0) is 9.53 Å². The Morgan fingerprint density at radius 2 is 2.25 bits per heavy atom. The first kappa shape index (κ1) is 12.5. The van der Waals surface area contributed by atoms with Crippen molar-refractivity contribution in [3.05, 3.63) is 40.5 Å². The van der Waals surface area contributed by atoms with Gasteiger partial charge in [0.05, 0.1) is 11.6 Å². The van der Waals surface area contributed by atoms with E-state index in [-0.39, 0.29) is 5.75 Å². The Kier molecular flexibility index (Phi) is 4.30. The van der Waals surface area contributed by atoms with Crippen molar-refractivity contribution in [2.45, 2.75) is 0 Å². The fourth-order valence-electron chi connectivity index (χ4n) is 0.911. The summed E-state index contributed by atoms with van der Waals surface area (Å²) in [7, 11) is 1.12. The second-order valence-corrected chi connectivity index (χ2v) is 3.49. The van der Waals surface area contributed by atoms with E-state index in [1.807, 2.05) is 0 Å². The number of carbonyl (C=O) groups is 1. The summed E-state index contributed by atoms with van der Waals surface area (Å²) in [6, 6.07) is 4.16. The molecule has 1 aromatic rings. The fourth-order valence-corrected chi connectivity index (χ4v) is 1.33. The monoisotopic (exact) mass is 290 g/mol. The number of hydrogen-bond donors (Lipinski definition) is 1. The lowest BCUT2D eigenvalue weighted by atomic mass is 10.3. The van der Waals surface area contributed by atoms with Crippen LogP contribution in [0.4, 0.5) is 4.39 Å². The molecule has 0 aliphatic rings. The summed E-state index contributed by atoms with van der Waals surface area (Å²) in [6.07, 6.45) is 0.407. The molecule has 16 heavy (non-hydrogen) atoms.